The minimum absolute atomic E-state index is 0.0537. The average Bonchev–Trinajstić information content (AvgIpc) is 3.75. The highest BCUT2D eigenvalue weighted by Crippen LogP contribution is 2.33. The van der Waals surface area contributed by atoms with Gasteiger partial charge in [-0.25, -0.2) is 27.4 Å². The summed E-state index contributed by atoms with van der Waals surface area (Å²) in [4.78, 5) is 21.4. The summed E-state index contributed by atoms with van der Waals surface area (Å²) in [6.45, 7) is 1.65. The lowest BCUT2D eigenvalue weighted by molar-refractivity contribution is 0.0270. The monoisotopic (exact) mass is 686 g/mol. The zero-order valence-electron chi connectivity index (χ0n) is 21.6. The number of benzene rings is 2. The highest BCUT2D eigenvalue weighted by molar-refractivity contribution is 14.1. The molecule has 1 aliphatic carbocycles. The van der Waals surface area contributed by atoms with Gasteiger partial charge in [-0.05, 0) is 103 Å². The fraction of sp³-hybridized carbons (Fsp3) is 0.333. The van der Waals surface area contributed by atoms with E-state index in [0.717, 1.165) is 22.5 Å². The summed E-state index contributed by atoms with van der Waals surface area (Å²) in [5.41, 5.74) is 3.43. The standard InChI is InChI=1S/C27H29F2IN4O5S/c1-16-12-19(30)8-9-21(16)33-26-20(27(36)34-39-15-17-6-7-17)13-23(24(28)25(26)29)40(37,38)32-14-22-18(5-3-11-35)4-2-10-31-22/h2,4,8-10,12-13,17,32-33,35H,3,5-7,11,14-15H2,1H3,(H,34,36). The zero-order valence-corrected chi connectivity index (χ0v) is 24.6. The second-order valence-electron chi connectivity index (χ2n) is 9.46. The maximum absolute atomic E-state index is 15.5. The van der Waals surface area contributed by atoms with Crippen molar-refractivity contribution in [1.82, 2.24) is 15.2 Å². The number of rotatable bonds is 13. The molecule has 0 aliphatic heterocycles. The van der Waals surface area contributed by atoms with Crippen molar-refractivity contribution < 1.29 is 31.9 Å². The van der Waals surface area contributed by atoms with Crippen molar-refractivity contribution in [2.24, 2.45) is 5.92 Å². The van der Waals surface area contributed by atoms with Crippen molar-refractivity contribution in [1.29, 1.82) is 0 Å². The number of aryl methyl sites for hydroxylation is 2. The van der Waals surface area contributed by atoms with Crippen LogP contribution >= 0.6 is 22.6 Å². The van der Waals surface area contributed by atoms with E-state index in [-0.39, 0.29) is 19.8 Å². The summed E-state index contributed by atoms with van der Waals surface area (Å²) < 4.78 is 60.4. The van der Waals surface area contributed by atoms with Crippen molar-refractivity contribution in [2.75, 3.05) is 18.5 Å². The van der Waals surface area contributed by atoms with Crippen molar-refractivity contribution >= 4 is 49.9 Å². The highest BCUT2D eigenvalue weighted by atomic mass is 127. The van der Waals surface area contributed by atoms with E-state index in [0.29, 0.717) is 41.3 Å². The Balaban J connectivity index is 1.67. The van der Waals surface area contributed by atoms with E-state index in [4.69, 9.17) is 9.94 Å². The molecule has 4 rings (SSSR count). The minimum Gasteiger partial charge on any atom is -0.396 e. The van der Waals surface area contributed by atoms with E-state index < -0.39 is 43.7 Å². The number of amides is 1. The van der Waals surface area contributed by atoms with Crippen LogP contribution in [0.25, 0.3) is 0 Å². The van der Waals surface area contributed by atoms with Crippen molar-refractivity contribution in [3.63, 3.8) is 0 Å². The first kappa shape index (κ1) is 30.2. The minimum atomic E-state index is -4.64. The third kappa shape index (κ3) is 7.51. The van der Waals surface area contributed by atoms with Crippen LogP contribution in [0, 0.1) is 28.0 Å². The normalized spacial score (nSPS) is 13.3. The fourth-order valence-electron chi connectivity index (χ4n) is 3.93. The Hall–Kier alpha value is -2.72. The lowest BCUT2D eigenvalue weighted by Gasteiger charge is -2.18. The van der Waals surface area contributed by atoms with Crippen molar-refractivity contribution in [2.45, 2.75) is 44.0 Å². The summed E-state index contributed by atoms with van der Waals surface area (Å²) >= 11 is 2.11. The molecule has 1 saturated carbocycles. The lowest BCUT2D eigenvalue weighted by Crippen LogP contribution is -2.29. The number of aromatic nitrogens is 1. The number of hydroxylamine groups is 1. The third-order valence-electron chi connectivity index (χ3n) is 6.35. The first-order valence-electron chi connectivity index (χ1n) is 12.6. The van der Waals surface area contributed by atoms with E-state index in [1.165, 1.54) is 6.20 Å². The molecule has 0 spiro atoms. The Morgan fingerprint density at radius 3 is 2.67 bits per heavy atom. The van der Waals surface area contributed by atoms with E-state index in [1.807, 2.05) is 6.07 Å². The number of pyridine rings is 1. The smallest absolute Gasteiger partial charge is 0.277 e. The van der Waals surface area contributed by atoms with Crippen LogP contribution in [0.3, 0.4) is 0 Å². The molecule has 1 heterocycles. The maximum Gasteiger partial charge on any atom is 0.277 e. The number of anilines is 2. The van der Waals surface area contributed by atoms with Crippen LogP contribution in [0.15, 0.2) is 47.5 Å². The number of halogens is 3. The van der Waals surface area contributed by atoms with Crippen LogP contribution in [0.1, 0.15) is 46.4 Å². The summed E-state index contributed by atoms with van der Waals surface area (Å²) in [6, 6.07) is 9.41. The summed E-state index contributed by atoms with van der Waals surface area (Å²) in [5.74, 6) is -3.80. The largest absolute Gasteiger partial charge is 0.396 e. The molecule has 0 radical (unpaired) electrons. The Morgan fingerprint density at radius 1 is 1.20 bits per heavy atom. The Kier molecular flexibility index (Phi) is 10.1. The molecule has 4 N–H and O–H groups in total. The molecule has 1 amide bonds. The first-order valence-corrected chi connectivity index (χ1v) is 15.2. The summed E-state index contributed by atoms with van der Waals surface area (Å²) in [7, 11) is -4.64. The number of carbonyl (C=O) groups excluding carboxylic acids is 1. The molecular weight excluding hydrogens is 657 g/mol. The van der Waals surface area contributed by atoms with E-state index >= 15 is 8.78 Å². The number of aliphatic hydroxyl groups is 1. The molecule has 0 bridgehead atoms. The second-order valence-corrected chi connectivity index (χ2v) is 12.4. The number of aliphatic hydroxyl groups excluding tert-OH is 1. The zero-order chi connectivity index (χ0) is 28.9. The van der Waals surface area contributed by atoms with Crippen LogP contribution in [-0.2, 0) is 27.8 Å². The molecule has 1 fully saturated rings. The average molecular weight is 687 g/mol. The predicted octanol–water partition coefficient (Wildman–Crippen LogP) is 4.49. The SMILES string of the molecule is Cc1cc(I)ccc1Nc1c(C(=O)NOCC2CC2)cc(S(=O)(=O)NCc2ncccc2CCCO)c(F)c1F. The van der Waals surface area contributed by atoms with Gasteiger partial charge in [0.25, 0.3) is 5.91 Å². The molecule has 1 aliphatic rings. The third-order valence-corrected chi connectivity index (χ3v) is 8.43. The van der Waals surface area contributed by atoms with Crippen molar-refractivity contribution in [3.8, 4) is 0 Å². The van der Waals surface area contributed by atoms with Gasteiger partial charge in [-0.2, -0.15) is 0 Å². The van der Waals surface area contributed by atoms with Crippen LogP contribution in [0.4, 0.5) is 20.2 Å². The fourth-order valence-corrected chi connectivity index (χ4v) is 5.66. The highest BCUT2D eigenvalue weighted by Gasteiger charge is 2.30. The molecule has 13 heteroatoms. The van der Waals surface area contributed by atoms with Gasteiger partial charge in [0, 0.05) is 22.1 Å². The molecular formula is C27H29F2IN4O5S. The van der Waals surface area contributed by atoms with Gasteiger partial charge in [0.1, 0.15) is 4.90 Å². The molecule has 0 unspecified atom stereocenters. The van der Waals surface area contributed by atoms with Gasteiger partial charge in [0.2, 0.25) is 10.0 Å². The molecule has 9 nitrogen and oxygen atoms in total. The predicted molar refractivity (Wildman–Crippen MR) is 153 cm³/mol. The van der Waals surface area contributed by atoms with Gasteiger partial charge < -0.3 is 10.4 Å². The summed E-state index contributed by atoms with van der Waals surface area (Å²) in [6.07, 6.45) is 4.30. The molecule has 0 saturated heterocycles. The molecule has 3 aromatic rings. The Bertz CT molecular complexity index is 1500. The van der Waals surface area contributed by atoms with Gasteiger partial charge in [-0.3, -0.25) is 14.6 Å². The van der Waals surface area contributed by atoms with Gasteiger partial charge in [-0.15, -0.1) is 0 Å². The topological polar surface area (TPSA) is 130 Å². The number of nitrogens with one attached hydrogen (secondary N) is 3. The van der Waals surface area contributed by atoms with Crippen molar-refractivity contribution in [3.05, 3.63) is 80.2 Å². The van der Waals surface area contributed by atoms with Crippen LogP contribution in [0.5, 0.6) is 0 Å². The molecule has 214 valence electrons. The van der Waals surface area contributed by atoms with E-state index in [1.54, 1.807) is 31.2 Å². The van der Waals surface area contributed by atoms with Gasteiger partial charge in [0.05, 0.1) is 30.1 Å². The number of nitrogens with zero attached hydrogens (tertiary/aromatic N) is 1. The number of hydrogen-bond donors (Lipinski definition) is 4. The lowest BCUT2D eigenvalue weighted by atomic mass is 10.1. The van der Waals surface area contributed by atoms with Crippen LogP contribution in [-0.4, -0.2) is 37.6 Å². The molecule has 1 aromatic heterocycles. The van der Waals surface area contributed by atoms with Gasteiger partial charge >= 0.3 is 0 Å². The molecule has 40 heavy (non-hydrogen) atoms. The van der Waals surface area contributed by atoms with E-state index in [9.17, 15) is 13.2 Å². The van der Waals surface area contributed by atoms with E-state index in [2.05, 4.69) is 43.1 Å². The summed E-state index contributed by atoms with van der Waals surface area (Å²) in [5, 5.41) is 11.9. The molecule has 0 atom stereocenters. The van der Waals surface area contributed by atoms with Gasteiger partial charge in [0.15, 0.2) is 11.6 Å². The number of hydrogen-bond acceptors (Lipinski definition) is 7. The number of sulfonamides is 1. The Labute approximate surface area is 244 Å². The number of carbonyl (C=O) groups is 1. The van der Waals surface area contributed by atoms with Gasteiger partial charge in [-0.1, -0.05) is 6.07 Å². The maximum atomic E-state index is 15.5. The van der Waals surface area contributed by atoms with Crippen LogP contribution in [0.2, 0.25) is 0 Å². The first-order chi connectivity index (χ1) is 19.1. The quantitative estimate of drug-likeness (QED) is 0.154. The Morgan fingerprint density at radius 2 is 1.98 bits per heavy atom. The van der Waals surface area contributed by atoms with Crippen LogP contribution < -0.4 is 15.5 Å². The second kappa shape index (κ2) is 13.3. The molecule has 2 aromatic carbocycles.